The highest BCUT2D eigenvalue weighted by atomic mass is 15.3. The normalized spacial score (nSPS) is 52.0. The van der Waals surface area contributed by atoms with Crippen LogP contribution in [0, 0.1) is 130 Å². The maximum atomic E-state index is 4.04. The number of hydrogen-bond acceptors (Lipinski definition) is 3. The summed E-state index contributed by atoms with van der Waals surface area (Å²) in [5.74, 6) is 26.2. The standard InChI is InChI=1S/C92H150BN3/c1-6-25-59(26-7-1)65-50-52-84-81(55-65)93-80-51-49-66(68-53-67-37-22-45-77-76-44-20-35-64-36-21-46-78(88(64)76)79(54-68)89(67)77)56-85(80)96(92-72(62-31-12-4-13-32-62)42-24-43-73(92)63-33-14-5-15-34-63)87-58-69(94-82-47-18-16-38-74(82)75-39-17-19-48-83(75)94)57-86(90(87)93)95(84)91-70(60-27-8-2-9-28-60)40-23-41-71(91)61-29-10-3-11-30-61/h59-92H,1-58H2. The summed E-state index contributed by atoms with van der Waals surface area (Å²) >= 11 is 0. The van der Waals surface area contributed by atoms with Crippen LogP contribution in [0.1, 0.15) is 372 Å². The molecule has 20 aliphatic rings. The average molecular weight is 1310 g/mol. The second-order valence-electron chi connectivity index (χ2n) is 42.2. The Kier molecular flexibility index (Phi) is 19.3. The zero-order valence-electron chi connectivity index (χ0n) is 62.6. The van der Waals surface area contributed by atoms with E-state index in [1.54, 1.807) is 372 Å². The van der Waals surface area contributed by atoms with Gasteiger partial charge in [0.05, 0.1) is 0 Å². The molecule has 0 N–H and O–H groups in total. The minimum atomic E-state index is 0.838. The number of hydrogen-bond donors (Lipinski definition) is 0. The van der Waals surface area contributed by atoms with Crippen LogP contribution in [0.25, 0.3) is 0 Å². The van der Waals surface area contributed by atoms with Gasteiger partial charge in [0.1, 0.15) is 0 Å². The fraction of sp³-hybridized carbons (Fsp3) is 1.00. The molecule has 3 heterocycles. The summed E-state index contributed by atoms with van der Waals surface area (Å²) in [6.07, 6.45) is 92.8. The van der Waals surface area contributed by atoms with E-state index in [0.29, 0.717) is 0 Å². The van der Waals surface area contributed by atoms with Crippen molar-refractivity contribution in [1.82, 2.24) is 14.7 Å². The zero-order valence-corrected chi connectivity index (χ0v) is 62.6. The van der Waals surface area contributed by atoms with Gasteiger partial charge >= 0.3 is 0 Å². The second kappa shape index (κ2) is 28.3. The molecule has 96 heavy (non-hydrogen) atoms. The molecule has 17 saturated carbocycles. The van der Waals surface area contributed by atoms with Gasteiger partial charge in [-0.05, 0) is 263 Å². The molecule has 3 aliphatic heterocycles. The van der Waals surface area contributed by atoms with Crippen molar-refractivity contribution in [3.8, 4) is 0 Å². The zero-order chi connectivity index (χ0) is 63.0. The third-order valence-corrected chi connectivity index (χ3v) is 39.3. The van der Waals surface area contributed by atoms with E-state index >= 15 is 0 Å². The number of nitrogens with zero attached hydrogens (tertiary/aromatic N) is 3. The number of rotatable bonds is 9. The second-order valence-corrected chi connectivity index (χ2v) is 42.2. The third-order valence-electron chi connectivity index (χ3n) is 39.3. The SMILES string of the molecule is C1CCC(C2CCC3C(C2)B2C4CCC(C5CC6CCCC7C8CCCC9CCCC(C(C5)C67)C98)CC4N(C4C(C5CCCCC5)CCCC4C4CCCCC4)C4CC(N5C6CCCCC6C6CCCCC65)CC(C24)N3C2C(C3CCCCC3)CCCC2C2CCCCC2)CC1. The molecule has 0 aromatic rings. The van der Waals surface area contributed by atoms with Gasteiger partial charge in [0, 0.05) is 54.4 Å². The minimum absolute atomic E-state index is 0.838. The van der Waals surface area contributed by atoms with Gasteiger partial charge in [0.25, 0.3) is 0 Å². The molecule has 20 fully saturated rings. The van der Waals surface area contributed by atoms with Crippen molar-refractivity contribution in [2.75, 3.05) is 0 Å². The van der Waals surface area contributed by atoms with Crippen LogP contribution in [0.4, 0.5) is 0 Å². The molecule has 3 nitrogen and oxygen atoms in total. The van der Waals surface area contributed by atoms with Crippen LogP contribution >= 0.6 is 0 Å². The van der Waals surface area contributed by atoms with E-state index in [1.165, 1.54) is 0 Å². The summed E-state index contributed by atoms with van der Waals surface area (Å²) in [5.41, 5.74) is 0. The van der Waals surface area contributed by atoms with E-state index in [9.17, 15) is 0 Å². The van der Waals surface area contributed by atoms with Crippen molar-refractivity contribution < 1.29 is 0 Å². The summed E-state index contributed by atoms with van der Waals surface area (Å²) in [6.45, 7) is 1.02. The van der Waals surface area contributed by atoms with Gasteiger partial charge in [0.2, 0.25) is 0 Å². The first-order valence-corrected chi connectivity index (χ1v) is 47.0. The van der Waals surface area contributed by atoms with Crippen LogP contribution < -0.4 is 0 Å². The van der Waals surface area contributed by atoms with Crippen molar-refractivity contribution in [3.63, 3.8) is 0 Å². The maximum absolute atomic E-state index is 4.04. The van der Waals surface area contributed by atoms with Gasteiger partial charge < -0.3 is 0 Å². The fourth-order valence-corrected chi connectivity index (χ4v) is 36.6. The first-order chi connectivity index (χ1) is 47.7. The molecule has 0 aromatic carbocycles. The Morgan fingerprint density at radius 3 is 1.08 bits per heavy atom. The first-order valence-electron chi connectivity index (χ1n) is 47.0. The highest BCUT2D eigenvalue weighted by molar-refractivity contribution is 6.65. The summed E-state index contributed by atoms with van der Waals surface area (Å²) < 4.78 is 0. The van der Waals surface area contributed by atoms with Gasteiger partial charge in [-0.3, -0.25) is 14.7 Å². The van der Waals surface area contributed by atoms with Crippen molar-refractivity contribution in [3.05, 3.63) is 0 Å². The van der Waals surface area contributed by atoms with Gasteiger partial charge in [-0.25, -0.2) is 0 Å². The fourth-order valence-electron chi connectivity index (χ4n) is 36.6. The Balaban J connectivity index is 0.761. The first kappa shape index (κ1) is 65.5. The van der Waals surface area contributed by atoms with E-state index in [2.05, 4.69) is 14.7 Å². The van der Waals surface area contributed by atoms with E-state index in [0.717, 1.165) is 209 Å². The summed E-state index contributed by atoms with van der Waals surface area (Å²) in [5, 5.41) is 0. The monoisotopic (exact) mass is 1310 g/mol. The Hall–Kier alpha value is -0.0551. The quantitative estimate of drug-likeness (QED) is 0.213. The van der Waals surface area contributed by atoms with Gasteiger partial charge in [-0.15, -0.1) is 0 Å². The highest BCUT2D eigenvalue weighted by Crippen LogP contribution is 2.71. The van der Waals surface area contributed by atoms with Crippen LogP contribution in [-0.2, 0) is 0 Å². The molecule has 0 amide bonds. The van der Waals surface area contributed by atoms with Crippen LogP contribution in [0.5, 0.6) is 0 Å². The lowest BCUT2D eigenvalue weighted by atomic mass is 9.18. The predicted octanol–water partition coefficient (Wildman–Crippen LogP) is 24.3. The molecule has 0 bridgehead atoms. The molecule has 0 radical (unpaired) electrons. The molecule has 20 rings (SSSR count). The van der Waals surface area contributed by atoms with E-state index in [4.69, 9.17) is 0 Å². The Labute approximate surface area is 592 Å². The lowest BCUT2D eigenvalue weighted by Crippen LogP contribution is -2.78. The van der Waals surface area contributed by atoms with Crippen LogP contribution in [-0.4, -0.2) is 75.8 Å². The van der Waals surface area contributed by atoms with Crippen molar-refractivity contribution in [1.29, 1.82) is 0 Å². The van der Waals surface area contributed by atoms with Gasteiger partial charge in [0.15, 0.2) is 6.71 Å². The van der Waals surface area contributed by atoms with E-state index in [-0.39, 0.29) is 0 Å². The molecule has 3 saturated heterocycles. The van der Waals surface area contributed by atoms with Crippen LogP contribution in [0.15, 0.2) is 0 Å². The number of fused-ring (bicyclic) bond motifs is 9. The van der Waals surface area contributed by atoms with Crippen molar-refractivity contribution in [2.45, 2.75) is 444 Å². The van der Waals surface area contributed by atoms with E-state index < -0.39 is 0 Å². The van der Waals surface area contributed by atoms with Crippen molar-refractivity contribution >= 4 is 6.71 Å². The average Bonchev–Trinajstić information content (AvgIpc) is 0.990. The lowest BCUT2D eigenvalue weighted by Gasteiger charge is -2.72. The van der Waals surface area contributed by atoms with Crippen LogP contribution in [0.2, 0.25) is 17.5 Å². The largest absolute Gasteiger partial charge is 0.295 e. The van der Waals surface area contributed by atoms with Crippen molar-refractivity contribution in [2.24, 2.45) is 130 Å². The summed E-state index contributed by atoms with van der Waals surface area (Å²) in [6, 6.07) is 7.96. The molecule has 17 aliphatic carbocycles. The van der Waals surface area contributed by atoms with Gasteiger partial charge in [-0.2, -0.15) is 0 Å². The molecular formula is C92H150BN3. The summed E-state index contributed by atoms with van der Waals surface area (Å²) in [7, 11) is 0. The van der Waals surface area contributed by atoms with Gasteiger partial charge in [-0.1, -0.05) is 257 Å². The molecule has 0 aromatic heterocycles. The Morgan fingerprint density at radius 2 is 0.562 bits per heavy atom. The minimum Gasteiger partial charge on any atom is -0.295 e. The number of likely N-dealkylation sites (tertiary alicyclic amines) is 1. The molecule has 4 heteroatoms. The smallest absolute Gasteiger partial charge is 0.156 e. The van der Waals surface area contributed by atoms with Crippen LogP contribution in [0.3, 0.4) is 0 Å². The summed E-state index contributed by atoms with van der Waals surface area (Å²) in [4.78, 5) is 11.7. The highest BCUT2D eigenvalue weighted by Gasteiger charge is 2.70. The Morgan fingerprint density at radius 1 is 0.177 bits per heavy atom. The molecule has 27 atom stereocenters. The molecule has 0 spiro atoms. The van der Waals surface area contributed by atoms with E-state index in [1.807, 2.05) is 0 Å². The molecule has 27 unspecified atom stereocenters. The molecular weight excluding hydrogens is 1160 g/mol. The topological polar surface area (TPSA) is 9.72 Å². The predicted molar refractivity (Wildman–Crippen MR) is 401 cm³/mol. The third kappa shape index (κ3) is 11.5. The lowest BCUT2D eigenvalue weighted by molar-refractivity contribution is -0.155. The Bertz CT molecular complexity index is 2480. The maximum Gasteiger partial charge on any atom is 0.156 e. The molecule has 536 valence electrons.